The Hall–Kier alpha value is -1.22. The van der Waals surface area contributed by atoms with E-state index in [4.69, 9.17) is 17.3 Å². The van der Waals surface area contributed by atoms with Crippen molar-refractivity contribution in [3.63, 3.8) is 0 Å². The van der Waals surface area contributed by atoms with Crippen molar-refractivity contribution >= 4 is 17.6 Å². The van der Waals surface area contributed by atoms with Crippen LogP contribution in [0.3, 0.4) is 0 Å². The summed E-state index contributed by atoms with van der Waals surface area (Å²) in [5, 5.41) is 0.746. The zero-order chi connectivity index (χ0) is 11.5. The zero-order valence-electron chi connectivity index (χ0n) is 9.36. The van der Waals surface area contributed by atoms with E-state index in [-0.39, 0.29) is 0 Å². The van der Waals surface area contributed by atoms with Gasteiger partial charge >= 0.3 is 0 Å². The first-order valence-corrected chi connectivity index (χ1v) is 5.82. The van der Waals surface area contributed by atoms with Gasteiger partial charge in [0.15, 0.2) is 5.96 Å². The molecule has 0 amide bonds. The van der Waals surface area contributed by atoms with Crippen molar-refractivity contribution in [1.29, 1.82) is 0 Å². The summed E-state index contributed by atoms with van der Waals surface area (Å²) < 4.78 is 0. The van der Waals surface area contributed by atoms with E-state index in [1.807, 2.05) is 31.3 Å². The van der Waals surface area contributed by atoms with E-state index in [0.717, 1.165) is 10.6 Å². The molecule has 4 heteroatoms. The Morgan fingerprint density at radius 3 is 2.62 bits per heavy atom. The molecule has 0 spiro atoms. The van der Waals surface area contributed by atoms with Crippen LogP contribution < -0.4 is 5.73 Å². The van der Waals surface area contributed by atoms with E-state index in [1.54, 1.807) is 0 Å². The highest BCUT2D eigenvalue weighted by Crippen LogP contribution is 2.24. The van der Waals surface area contributed by atoms with Gasteiger partial charge < -0.3 is 10.6 Å². The highest BCUT2D eigenvalue weighted by Gasteiger charge is 2.27. The predicted molar refractivity (Wildman–Crippen MR) is 67.6 cm³/mol. The molecule has 0 saturated heterocycles. The lowest BCUT2D eigenvalue weighted by molar-refractivity contribution is 0.487. The van der Waals surface area contributed by atoms with Gasteiger partial charge in [0.25, 0.3) is 0 Å². The lowest BCUT2D eigenvalue weighted by Crippen LogP contribution is -2.35. The van der Waals surface area contributed by atoms with E-state index in [1.165, 1.54) is 12.8 Å². The van der Waals surface area contributed by atoms with Crippen LogP contribution in [-0.2, 0) is 6.54 Å². The number of guanidine groups is 1. The average molecular weight is 238 g/mol. The normalized spacial score (nSPS) is 16.2. The zero-order valence-corrected chi connectivity index (χ0v) is 10.1. The van der Waals surface area contributed by atoms with Gasteiger partial charge in [-0.1, -0.05) is 23.7 Å². The maximum absolute atomic E-state index is 5.89. The van der Waals surface area contributed by atoms with Crippen LogP contribution in [0.5, 0.6) is 0 Å². The molecule has 2 rings (SSSR count). The Morgan fingerprint density at radius 2 is 2.06 bits per heavy atom. The maximum atomic E-state index is 5.89. The quantitative estimate of drug-likeness (QED) is 0.647. The lowest BCUT2D eigenvalue weighted by atomic mass is 10.2. The van der Waals surface area contributed by atoms with Crippen LogP contribution in [0.2, 0.25) is 5.02 Å². The minimum absolute atomic E-state index is 0.606. The Morgan fingerprint density at radius 1 is 1.44 bits per heavy atom. The molecule has 0 bridgehead atoms. The van der Waals surface area contributed by atoms with Gasteiger partial charge in [-0.15, -0.1) is 0 Å². The van der Waals surface area contributed by atoms with Crippen LogP contribution in [0.1, 0.15) is 18.4 Å². The van der Waals surface area contributed by atoms with E-state index in [9.17, 15) is 0 Å². The number of aliphatic imine (C=N–C) groups is 1. The van der Waals surface area contributed by atoms with E-state index >= 15 is 0 Å². The van der Waals surface area contributed by atoms with Crippen molar-refractivity contribution in [3.05, 3.63) is 34.9 Å². The summed E-state index contributed by atoms with van der Waals surface area (Å²) >= 11 is 5.81. The number of halogens is 1. The smallest absolute Gasteiger partial charge is 0.191 e. The first-order valence-electron chi connectivity index (χ1n) is 5.44. The molecule has 1 aliphatic carbocycles. The number of hydrogen-bond donors (Lipinski definition) is 1. The first-order chi connectivity index (χ1) is 7.66. The largest absolute Gasteiger partial charge is 0.370 e. The summed E-state index contributed by atoms with van der Waals surface area (Å²) in [5.74, 6) is 0.623. The second-order valence-corrected chi connectivity index (χ2v) is 4.58. The standard InChI is InChI=1S/C12H16ClN3/c1-16(11-6-7-11)12(14)15-8-9-2-4-10(13)5-3-9/h2-5,11H,6-8H2,1H3,(H2,14,15). The van der Waals surface area contributed by atoms with E-state index in [0.29, 0.717) is 18.5 Å². The Labute approximate surface area is 101 Å². The van der Waals surface area contributed by atoms with Gasteiger partial charge in [-0.05, 0) is 30.5 Å². The number of benzene rings is 1. The van der Waals surface area contributed by atoms with Gasteiger partial charge in [-0.3, -0.25) is 0 Å². The second kappa shape index (κ2) is 4.74. The molecule has 1 aliphatic rings. The third kappa shape index (κ3) is 2.89. The number of nitrogens with two attached hydrogens (primary N) is 1. The molecule has 3 nitrogen and oxygen atoms in total. The molecule has 2 N–H and O–H groups in total. The van der Waals surface area contributed by atoms with Crippen molar-refractivity contribution in [2.24, 2.45) is 10.7 Å². The number of rotatable bonds is 3. The minimum Gasteiger partial charge on any atom is -0.370 e. The van der Waals surface area contributed by atoms with Crippen molar-refractivity contribution in [2.45, 2.75) is 25.4 Å². The molecule has 0 unspecified atom stereocenters. The summed E-state index contributed by atoms with van der Waals surface area (Å²) in [4.78, 5) is 6.41. The molecular formula is C12H16ClN3. The second-order valence-electron chi connectivity index (χ2n) is 4.14. The Bertz CT molecular complexity index is 382. The van der Waals surface area contributed by atoms with Crippen molar-refractivity contribution in [2.75, 3.05) is 7.05 Å². The highest BCUT2D eigenvalue weighted by molar-refractivity contribution is 6.30. The molecule has 16 heavy (non-hydrogen) atoms. The van der Waals surface area contributed by atoms with Gasteiger partial charge in [-0.25, -0.2) is 4.99 Å². The molecule has 0 heterocycles. The SMILES string of the molecule is CN(C(N)=NCc1ccc(Cl)cc1)C1CC1. The van der Waals surface area contributed by atoms with Crippen molar-refractivity contribution in [1.82, 2.24) is 4.90 Å². The average Bonchev–Trinajstić information content (AvgIpc) is 3.11. The molecular weight excluding hydrogens is 222 g/mol. The summed E-state index contributed by atoms with van der Waals surface area (Å²) in [6.45, 7) is 0.611. The van der Waals surface area contributed by atoms with Crippen LogP contribution in [0.15, 0.2) is 29.3 Å². The highest BCUT2D eigenvalue weighted by atomic mass is 35.5. The van der Waals surface area contributed by atoms with Crippen LogP contribution >= 0.6 is 11.6 Å². The van der Waals surface area contributed by atoms with Gasteiger partial charge in [0.1, 0.15) is 0 Å². The lowest BCUT2D eigenvalue weighted by Gasteiger charge is -2.16. The fourth-order valence-corrected chi connectivity index (χ4v) is 1.65. The summed E-state index contributed by atoms with van der Waals surface area (Å²) in [6, 6.07) is 8.28. The molecule has 86 valence electrons. The van der Waals surface area contributed by atoms with Crippen LogP contribution in [0, 0.1) is 0 Å². The van der Waals surface area contributed by atoms with E-state index in [2.05, 4.69) is 9.89 Å². The molecule has 0 aromatic heterocycles. The van der Waals surface area contributed by atoms with Gasteiger partial charge in [0, 0.05) is 18.1 Å². The summed E-state index contributed by atoms with van der Waals surface area (Å²) in [6.07, 6.45) is 2.46. The number of nitrogens with zero attached hydrogens (tertiary/aromatic N) is 2. The van der Waals surface area contributed by atoms with Crippen LogP contribution in [-0.4, -0.2) is 23.9 Å². The predicted octanol–water partition coefficient (Wildman–Crippen LogP) is 2.25. The first kappa shape index (κ1) is 11.3. The van der Waals surface area contributed by atoms with Crippen molar-refractivity contribution in [3.8, 4) is 0 Å². The number of hydrogen-bond acceptors (Lipinski definition) is 1. The van der Waals surface area contributed by atoms with Gasteiger partial charge in [0.05, 0.1) is 6.54 Å². The minimum atomic E-state index is 0.606. The molecule has 0 aliphatic heterocycles. The topological polar surface area (TPSA) is 41.6 Å². The van der Waals surface area contributed by atoms with Gasteiger partial charge in [0.2, 0.25) is 0 Å². The van der Waals surface area contributed by atoms with Crippen molar-refractivity contribution < 1.29 is 0 Å². The third-order valence-electron chi connectivity index (χ3n) is 2.79. The molecule has 0 atom stereocenters. The third-order valence-corrected chi connectivity index (χ3v) is 3.04. The van der Waals surface area contributed by atoms with Crippen LogP contribution in [0.25, 0.3) is 0 Å². The maximum Gasteiger partial charge on any atom is 0.191 e. The fraction of sp³-hybridized carbons (Fsp3) is 0.417. The summed E-state index contributed by atoms with van der Waals surface area (Å²) in [5.41, 5.74) is 7.01. The van der Waals surface area contributed by atoms with Gasteiger partial charge in [-0.2, -0.15) is 0 Å². The Balaban J connectivity index is 1.94. The van der Waals surface area contributed by atoms with E-state index < -0.39 is 0 Å². The molecule has 1 aromatic rings. The van der Waals surface area contributed by atoms with Crippen LogP contribution in [0.4, 0.5) is 0 Å². The fourth-order valence-electron chi connectivity index (χ4n) is 1.52. The molecule has 1 saturated carbocycles. The molecule has 1 fully saturated rings. The Kier molecular flexibility index (Phi) is 3.34. The molecule has 0 radical (unpaired) electrons. The molecule has 1 aromatic carbocycles. The summed E-state index contributed by atoms with van der Waals surface area (Å²) in [7, 11) is 2.00. The monoisotopic (exact) mass is 237 g/mol.